The van der Waals surface area contributed by atoms with E-state index in [0.717, 1.165) is 0 Å². The van der Waals surface area contributed by atoms with Crippen LogP contribution in [-0.4, -0.2) is 17.3 Å². The van der Waals surface area contributed by atoms with Crippen molar-refractivity contribution in [2.75, 3.05) is 11.9 Å². The quantitative estimate of drug-likeness (QED) is 0.861. The molecule has 1 fully saturated rings. The van der Waals surface area contributed by atoms with Crippen molar-refractivity contribution in [2.24, 2.45) is 5.92 Å². The van der Waals surface area contributed by atoms with Crippen molar-refractivity contribution >= 4 is 27.7 Å². The Morgan fingerprint density at radius 2 is 2.18 bits per heavy atom. The first-order valence-corrected chi connectivity index (χ1v) is 6.24. The molecule has 2 atom stereocenters. The Kier molecular flexibility index (Phi) is 3.66. The van der Waals surface area contributed by atoms with Gasteiger partial charge in [-0.05, 0) is 40.9 Å². The highest BCUT2D eigenvalue weighted by Crippen LogP contribution is 2.54. The lowest BCUT2D eigenvalue weighted by Gasteiger charge is -2.06. The summed E-state index contributed by atoms with van der Waals surface area (Å²) in [6.45, 7) is 0.237. The second kappa shape index (κ2) is 5.04. The molecule has 0 aromatic heterocycles. The maximum Gasteiger partial charge on any atom is 0.411 e. The fourth-order valence-electron chi connectivity index (χ4n) is 1.55. The largest absolute Gasteiger partial charge is 0.449 e. The Morgan fingerprint density at radius 1 is 1.53 bits per heavy atom. The molecule has 1 aliphatic carbocycles. The number of benzene rings is 1. The minimum atomic E-state index is -1.23. The van der Waals surface area contributed by atoms with Crippen LogP contribution in [0, 0.1) is 5.92 Å². The van der Waals surface area contributed by atoms with Crippen molar-refractivity contribution in [3.8, 4) is 0 Å². The number of amides is 1. The first kappa shape index (κ1) is 12.4. The van der Waals surface area contributed by atoms with Gasteiger partial charge in [-0.2, -0.15) is 0 Å². The number of ether oxygens (including phenoxy) is 1. The molecule has 0 radical (unpaired) electrons. The van der Waals surface area contributed by atoms with Crippen molar-refractivity contribution in [1.82, 2.24) is 0 Å². The van der Waals surface area contributed by atoms with Gasteiger partial charge in [-0.3, -0.25) is 5.32 Å². The third kappa shape index (κ3) is 3.70. The van der Waals surface area contributed by atoms with Crippen LogP contribution in [0.5, 0.6) is 0 Å². The number of anilines is 1. The molecule has 1 aliphatic rings. The monoisotopic (exact) mass is 301 g/mol. The molecular formula is C12H13BrFNO2. The van der Waals surface area contributed by atoms with Gasteiger partial charge < -0.3 is 4.74 Å². The normalized spacial score (nSPS) is 26.4. The summed E-state index contributed by atoms with van der Waals surface area (Å²) in [5.41, 5.74) is 0.684. The number of nitrogens with one attached hydrogen (secondary N) is 1. The molecule has 1 saturated carbocycles. The Hall–Kier alpha value is -1.10. The Labute approximate surface area is 107 Å². The molecule has 0 bridgehead atoms. The summed E-state index contributed by atoms with van der Waals surface area (Å²) >= 11 is 2.95. The Bertz CT molecular complexity index is 397. The van der Waals surface area contributed by atoms with Crippen LogP contribution in [0.1, 0.15) is 12.8 Å². The zero-order valence-electron chi connectivity index (χ0n) is 9.16. The Balaban J connectivity index is 1.65. The molecule has 1 aromatic carbocycles. The van der Waals surface area contributed by atoms with Crippen LogP contribution in [0.15, 0.2) is 30.3 Å². The smallest absolute Gasteiger partial charge is 0.411 e. The van der Waals surface area contributed by atoms with Crippen LogP contribution >= 0.6 is 15.9 Å². The molecule has 0 spiro atoms. The van der Waals surface area contributed by atoms with Gasteiger partial charge in [0.2, 0.25) is 0 Å². The number of carbonyl (C=O) groups excluding carboxylic acids is 1. The number of hydrogen-bond acceptors (Lipinski definition) is 2. The van der Waals surface area contributed by atoms with E-state index in [1.165, 1.54) is 0 Å². The molecule has 2 rings (SSSR count). The number of para-hydroxylation sites is 1. The molecule has 5 heteroatoms. The van der Waals surface area contributed by atoms with Gasteiger partial charge in [-0.25, -0.2) is 9.18 Å². The Morgan fingerprint density at radius 3 is 2.76 bits per heavy atom. The van der Waals surface area contributed by atoms with Crippen LogP contribution in [0.3, 0.4) is 0 Å². The highest BCUT2D eigenvalue weighted by atomic mass is 79.9. The summed E-state index contributed by atoms with van der Waals surface area (Å²) in [6, 6.07) is 9.05. The van der Waals surface area contributed by atoms with E-state index in [0.29, 0.717) is 18.5 Å². The van der Waals surface area contributed by atoms with E-state index in [2.05, 4.69) is 21.2 Å². The molecule has 17 heavy (non-hydrogen) atoms. The molecule has 0 heterocycles. The van der Waals surface area contributed by atoms with E-state index in [9.17, 15) is 9.18 Å². The lowest BCUT2D eigenvalue weighted by molar-refractivity contribution is 0.156. The molecule has 3 nitrogen and oxygen atoms in total. The summed E-state index contributed by atoms with van der Waals surface area (Å²) < 4.78 is 16.8. The maximum absolute atomic E-state index is 13.1. The fraction of sp³-hybridized carbons (Fsp3) is 0.417. The number of alkyl halides is 2. The third-order valence-corrected chi connectivity index (χ3v) is 3.65. The number of rotatable bonds is 4. The summed E-state index contributed by atoms with van der Waals surface area (Å²) in [5.74, 6) is -0.0352. The molecular weight excluding hydrogens is 289 g/mol. The van der Waals surface area contributed by atoms with Gasteiger partial charge in [-0.15, -0.1) is 0 Å². The molecule has 92 valence electrons. The summed E-state index contributed by atoms with van der Waals surface area (Å²) in [7, 11) is 0. The van der Waals surface area contributed by atoms with Crippen molar-refractivity contribution in [3.63, 3.8) is 0 Å². The van der Waals surface area contributed by atoms with E-state index in [1.54, 1.807) is 12.1 Å². The lowest BCUT2D eigenvalue weighted by Crippen LogP contribution is -2.14. The van der Waals surface area contributed by atoms with Gasteiger partial charge in [0.05, 0.1) is 6.61 Å². The van der Waals surface area contributed by atoms with Crippen molar-refractivity contribution in [1.29, 1.82) is 0 Å². The first-order chi connectivity index (χ1) is 8.08. The molecule has 1 aromatic rings. The van der Waals surface area contributed by atoms with E-state index in [-0.39, 0.29) is 12.5 Å². The van der Waals surface area contributed by atoms with Crippen LogP contribution in [-0.2, 0) is 4.74 Å². The fourth-order valence-corrected chi connectivity index (χ4v) is 2.17. The van der Waals surface area contributed by atoms with Gasteiger partial charge in [0.15, 0.2) is 4.58 Å². The average molecular weight is 302 g/mol. The molecule has 1 amide bonds. The van der Waals surface area contributed by atoms with Crippen LogP contribution < -0.4 is 5.32 Å². The van der Waals surface area contributed by atoms with Crippen molar-refractivity contribution in [3.05, 3.63) is 30.3 Å². The minimum Gasteiger partial charge on any atom is -0.449 e. The predicted octanol–water partition coefficient (Wildman–Crippen LogP) is 3.71. The molecule has 2 unspecified atom stereocenters. The van der Waals surface area contributed by atoms with Gasteiger partial charge >= 0.3 is 6.09 Å². The zero-order chi connectivity index (χ0) is 12.3. The second-order valence-corrected chi connectivity index (χ2v) is 5.40. The van der Waals surface area contributed by atoms with E-state index in [4.69, 9.17) is 4.74 Å². The maximum atomic E-state index is 13.1. The van der Waals surface area contributed by atoms with Crippen molar-refractivity contribution < 1.29 is 13.9 Å². The topological polar surface area (TPSA) is 38.3 Å². The zero-order valence-corrected chi connectivity index (χ0v) is 10.7. The SMILES string of the molecule is O=C(Nc1ccccc1)OCCC1CC1(F)Br. The average Bonchev–Trinajstić information content (AvgIpc) is 2.88. The molecule has 0 aliphatic heterocycles. The van der Waals surface area contributed by atoms with Crippen molar-refractivity contribution in [2.45, 2.75) is 17.4 Å². The number of hydrogen-bond donors (Lipinski definition) is 1. The standard InChI is InChI=1S/C12H13BrFNO2/c13-12(14)8-9(12)6-7-17-11(16)15-10-4-2-1-3-5-10/h1-5,9H,6-8H2,(H,15,16). The van der Waals surface area contributed by atoms with E-state index in [1.807, 2.05) is 18.2 Å². The first-order valence-electron chi connectivity index (χ1n) is 5.44. The second-order valence-electron chi connectivity index (χ2n) is 4.08. The van der Waals surface area contributed by atoms with Gasteiger partial charge in [0.25, 0.3) is 0 Å². The highest BCUT2D eigenvalue weighted by molar-refractivity contribution is 9.10. The highest BCUT2D eigenvalue weighted by Gasteiger charge is 2.52. The van der Waals surface area contributed by atoms with Crippen LogP contribution in [0.4, 0.5) is 14.9 Å². The van der Waals surface area contributed by atoms with Gasteiger partial charge in [0, 0.05) is 11.6 Å². The van der Waals surface area contributed by atoms with Crippen LogP contribution in [0.25, 0.3) is 0 Å². The van der Waals surface area contributed by atoms with E-state index >= 15 is 0 Å². The molecule has 1 N–H and O–H groups in total. The molecule has 0 saturated heterocycles. The minimum absolute atomic E-state index is 0.0352. The van der Waals surface area contributed by atoms with Crippen LogP contribution in [0.2, 0.25) is 0 Å². The predicted molar refractivity (Wildman–Crippen MR) is 66.9 cm³/mol. The summed E-state index contributed by atoms with van der Waals surface area (Å²) in [6.07, 6.45) is 0.538. The van der Waals surface area contributed by atoms with Gasteiger partial charge in [-0.1, -0.05) is 18.2 Å². The summed E-state index contributed by atoms with van der Waals surface area (Å²) in [5, 5.41) is 2.59. The number of carbonyl (C=O) groups is 1. The lowest BCUT2D eigenvalue weighted by atomic mass is 10.3. The van der Waals surface area contributed by atoms with E-state index < -0.39 is 10.7 Å². The number of halogens is 2. The van der Waals surface area contributed by atoms with Gasteiger partial charge in [0.1, 0.15) is 0 Å². The summed E-state index contributed by atoms with van der Waals surface area (Å²) in [4.78, 5) is 11.3. The third-order valence-electron chi connectivity index (χ3n) is 2.68.